The highest BCUT2D eigenvalue weighted by atomic mass is 79.9. The molecule has 1 aliphatic rings. The molecule has 0 unspecified atom stereocenters. The number of ether oxygens (including phenoxy) is 1. The number of para-hydroxylation sites is 1. The van der Waals surface area contributed by atoms with Crippen molar-refractivity contribution >= 4 is 21.7 Å². The van der Waals surface area contributed by atoms with Gasteiger partial charge in [-0.1, -0.05) is 28.1 Å². The fourth-order valence-corrected chi connectivity index (χ4v) is 3.87. The highest BCUT2D eigenvalue weighted by Gasteiger charge is 2.24. The molecule has 1 aliphatic heterocycles. The molecule has 6 heteroatoms. The van der Waals surface area contributed by atoms with Crippen LogP contribution in [0.5, 0.6) is 5.75 Å². The van der Waals surface area contributed by atoms with Gasteiger partial charge in [0.05, 0.1) is 18.4 Å². The van der Waals surface area contributed by atoms with E-state index in [0.29, 0.717) is 5.56 Å². The van der Waals surface area contributed by atoms with Gasteiger partial charge in [0.2, 0.25) is 0 Å². The number of nitrogens with zero attached hydrogens (tertiary/aromatic N) is 3. The summed E-state index contributed by atoms with van der Waals surface area (Å²) in [6.07, 6.45) is 3.13. The van der Waals surface area contributed by atoms with Crippen molar-refractivity contribution in [1.82, 2.24) is 9.78 Å². The van der Waals surface area contributed by atoms with Crippen LogP contribution in [-0.2, 0) is 6.42 Å². The summed E-state index contributed by atoms with van der Waals surface area (Å²) in [5, 5.41) is 18.0. The smallest absolute Gasteiger partial charge is 0.133 e. The highest BCUT2D eigenvalue weighted by molar-refractivity contribution is 9.10. The molecule has 2 aromatic carbocycles. The van der Waals surface area contributed by atoms with Crippen LogP contribution >= 0.6 is 15.9 Å². The van der Waals surface area contributed by atoms with Gasteiger partial charge in [0.15, 0.2) is 0 Å². The molecule has 27 heavy (non-hydrogen) atoms. The zero-order chi connectivity index (χ0) is 18.8. The first-order valence-electron chi connectivity index (χ1n) is 8.92. The standard InChI is InChI=1S/C21H19BrN4O/c1-27-19-10-9-15(22)12-17(19)20-16-7-4-5-11-24-21(16)26(25-20)18-8-3-2-6-14(18)13-23/h2-3,6,8-10,12,24H,4-5,7,11H2,1H3. The van der Waals surface area contributed by atoms with E-state index in [9.17, 15) is 5.26 Å². The molecule has 0 bridgehead atoms. The summed E-state index contributed by atoms with van der Waals surface area (Å²) < 4.78 is 8.44. The van der Waals surface area contributed by atoms with Gasteiger partial charge in [-0.05, 0) is 49.6 Å². The normalized spacial score (nSPS) is 13.2. The molecule has 0 saturated carbocycles. The zero-order valence-electron chi connectivity index (χ0n) is 15.0. The summed E-state index contributed by atoms with van der Waals surface area (Å²) in [6, 6.07) is 15.8. The number of rotatable bonds is 3. The number of nitriles is 1. The maximum absolute atomic E-state index is 9.54. The topological polar surface area (TPSA) is 62.9 Å². The summed E-state index contributed by atoms with van der Waals surface area (Å²) in [5.41, 5.74) is 4.38. The van der Waals surface area contributed by atoms with Gasteiger partial charge in [0, 0.05) is 22.1 Å². The lowest BCUT2D eigenvalue weighted by Crippen LogP contribution is -2.08. The van der Waals surface area contributed by atoms with E-state index in [0.717, 1.165) is 64.4 Å². The fraction of sp³-hybridized carbons (Fsp3) is 0.238. The second kappa shape index (κ2) is 7.45. The molecule has 136 valence electrons. The van der Waals surface area contributed by atoms with Crippen LogP contribution in [0.15, 0.2) is 46.9 Å². The average Bonchev–Trinajstić information content (AvgIpc) is 2.88. The summed E-state index contributed by atoms with van der Waals surface area (Å²) in [7, 11) is 1.67. The van der Waals surface area contributed by atoms with E-state index in [-0.39, 0.29) is 0 Å². The summed E-state index contributed by atoms with van der Waals surface area (Å²) in [5.74, 6) is 1.75. The van der Waals surface area contributed by atoms with Crippen LogP contribution < -0.4 is 10.1 Å². The molecule has 0 spiro atoms. The van der Waals surface area contributed by atoms with Gasteiger partial charge in [-0.25, -0.2) is 4.68 Å². The van der Waals surface area contributed by atoms with Crippen molar-refractivity contribution in [2.75, 3.05) is 19.0 Å². The molecule has 2 heterocycles. The lowest BCUT2D eigenvalue weighted by Gasteiger charge is -2.10. The Morgan fingerprint density at radius 1 is 1.22 bits per heavy atom. The van der Waals surface area contributed by atoms with Gasteiger partial charge >= 0.3 is 0 Å². The van der Waals surface area contributed by atoms with Crippen LogP contribution in [0.2, 0.25) is 0 Å². The van der Waals surface area contributed by atoms with E-state index in [1.807, 2.05) is 47.1 Å². The Morgan fingerprint density at radius 3 is 2.89 bits per heavy atom. The number of nitrogens with one attached hydrogen (secondary N) is 1. The van der Waals surface area contributed by atoms with Crippen molar-refractivity contribution in [2.24, 2.45) is 0 Å². The molecule has 0 atom stereocenters. The van der Waals surface area contributed by atoms with Gasteiger partial charge in [-0.2, -0.15) is 10.4 Å². The van der Waals surface area contributed by atoms with Gasteiger partial charge in [0.25, 0.3) is 0 Å². The SMILES string of the molecule is COc1ccc(Br)cc1-c1nn(-c2ccccc2C#N)c2c1CCCCN2. The quantitative estimate of drug-likeness (QED) is 0.649. The Bertz CT molecular complexity index is 1040. The monoisotopic (exact) mass is 422 g/mol. The fourth-order valence-electron chi connectivity index (χ4n) is 3.51. The van der Waals surface area contributed by atoms with Crippen molar-refractivity contribution in [3.8, 4) is 28.8 Å². The molecule has 1 aromatic heterocycles. The van der Waals surface area contributed by atoms with E-state index in [4.69, 9.17) is 9.84 Å². The van der Waals surface area contributed by atoms with Gasteiger partial charge < -0.3 is 10.1 Å². The second-order valence-corrected chi connectivity index (χ2v) is 7.36. The molecular weight excluding hydrogens is 404 g/mol. The Balaban J connectivity index is 1.99. The number of fused-ring (bicyclic) bond motifs is 1. The van der Waals surface area contributed by atoms with E-state index in [1.54, 1.807) is 7.11 Å². The van der Waals surface area contributed by atoms with E-state index in [2.05, 4.69) is 27.3 Å². The van der Waals surface area contributed by atoms with Crippen LogP contribution in [-0.4, -0.2) is 23.4 Å². The van der Waals surface area contributed by atoms with Crippen molar-refractivity contribution in [1.29, 1.82) is 5.26 Å². The minimum Gasteiger partial charge on any atom is -0.496 e. The maximum Gasteiger partial charge on any atom is 0.133 e. The van der Waals surface area contributed by atoms with Crippen LogP contribution in [0.1, 0.15) is 24.0 Å². The van der Waals surface area contributed by atoms with Crippen LogP contribution in [0.4, 0.5) is 5.82 Å². The molecular formula is C21H19BrN4O. The van der Waals surface area contributed by atoms with Crippen molar-refractivity contribution in [3.63, 3.8) is 0 Å². The molecule has 0 saturated heterocycles. The summed E-state index contributed by atoms with van der Waals surface area (Å²) in [4.78, 5) is 0. The predicted octanol–water partition coefficient (Wildman–Crippen LogP) is 4.93. The highest BCUT2D eigenvalue weighted by Crippen LogP contribution is 2.39. The predicted molar refractivity (Wildman–Crippen MR) is 109 cm³/mol. The molecule has 0 radical (unpaired) electrons. The molecule has 4 rings (SSSR count). The number of hydrogen-bond acceptors (Lipinski definition) is 4. The molecule has 1 N–H and O–H groups in total. The average molecular weight is 423 g/mol. The molecule has 0 amide bonds. The number of halogens is 1. The number of anilines is 1. The Labute approximate surface area is 166 Å². The largest absolute Gasteiger partial charge is 0.496 e. The lowest BCUT2D eigenvalue weighted by atomic mass is 10.0. The third-order valence-electron chi connectivity index (χ3n) is 4.80. The van der Waals surface area contributed by atoms with Crippen molar-refractivity contribution in [2.45, 2.75) is 19.3 Å². The Kier molecular flexibility index (Phi) is 4.87. The third kappa shape index (κ3) is 3.19. The van der Waals surface area contributed by atoms with E-state index >= 15 is 0 Å². The van der Waals surface area contributed by atoms with Gasteiger partial charge in [-0.3, -0.25) is 0 Å². The first kappa shape index (κ1) is 17.6. The first-order valence-corrected chi connectivity index (χ1v) is 9.71. The van der Waals surface area contributed by atoms with Crippen LogP contribution in [0, 0.1) is 11.3 Å². The number of methoxy groups -OCH3 is 1. The van der Waals surface area contributed by atoms with Gasteiger partial charge in [0.1, 0.15) is 23.3 Å². The number of benzene rings is 2. The summed E-state index contributed by atoms with van der Waals surface area (Å²) >= 11 is 3.56. The van der Waals surface area contributed by atoms with Crippen molar-refractivity contribution in [3.05, 3.63) is 58.1 Å². The molecule has 3 aromatic rings. The minimum atomic E-state index is 0.599. The van der Waals surface area contributed by atoms with E-state index in [1.165, 1.54) is 0 Å². The Hall–Kier alpha value is -2.78. The molecule has 0 aliphatic carbocycles. The zero-order valence-corrected chi connectivity index (χ0v) is 16.6. The molecule has 0 fully saturated rings. The third-order valence-corrected chi connectivity index (χ3v) is 5.29. The van der Waals surface area contributed by atoms with Crippen LogP contribution in [0.3, 0.4) is 0 Å². The minimum absolute atomic E-state index is 0.599. The molecule has 5 nitrogen and oxygen atoms in total. The first-order chi connectivity index (χ1) is 13.2. The summed E-state index contributed by atoms with van der Waals surface area (Å²) in [6.45, 7) is 0.891. The second-order valence-electron chi connectivity index (χ2n) is 6.45. The van der Waals surface area contributed by atoms with E-state index < -0.39 is 0 Å². The number of aromatic nitrogens is 2. The maximum atomic E-state index is 9.54. The van der Waals surface area contributed by atoms with Crippen LogP contribution in [0.25, 0.3) is 16.9 Å². The van der Waals surface area contributed by atoms with Crippen molar-refractivity contribution < 1.29 is 4.74 Å². The lowest BCUT2D eigenvalue weighted by molar-refractivity contribution is 0.416. The van der Waals surface area contributed by atoms with Gasteiger partial charge in [-0.15, -0.1) is 0 Å². The Morgan fingerprint density at radius 2 is 2.07 bits per heavy atom. The number of hydrogen-bond donors (Lipinski definition) is 1.